The van der Waals surface area contributed by atoms with Crippen LogP contribution in [0.25, 0.3) is 0 Å². The van der Waals surface area contributed by atoms with Crippen LogP contribution >= 0.6 is 0 Å². The topological polar surface area (TPSA) is 228 Å². The molecule has 3 aromatic heterocycles. The Kier molecular flexibility index (Phi) is 23.7. The Morgan fingerprint density at radius 2 is 0.667 bits per heavy atom. The Hall–Kier alpha value is -5.09. The fourth-order valence-electron chi connectivity index (χ4n) is 5.68. The maximum Gasteiger partial charge on any atom is 0.235 e. The first-order valence-electron chi connectivity index (χ1n) is 20.6. The number of ether oxygens (including phenoxy) is 8. The SMILES string of the molecule is CCN(C)c1nc(N(COC)COCN(COC)c2nc(NCOC)nc(N(CC)CC)n2)nc(N(COC)CN(COC)c2nc(N(CC)COC)nc(N(CC)COC)n2)n1. The van der Waals surface area contributed by atoms with Gasteiger partial charge in [0.2, 0.25) is 53.5 Å². The lowest BCUT2D eigenvalue weighted by atomic mass is 10.5. The summed E-state index contributed by atoms with van der Waals surface area (Å²) in [6.07, 6.45) is 0. The molecule has 26 heteroatoms. The van der Waals surface area contributed by atoms with E-state index in [1.807, 2.05) is 71.1 Å². The zero-order chi connectivity index (χ0) is 46.1. The van der Waals surface area contributed by atoms with Gasteiger partial charge in [-0.1, -0.05) is 0 Å². The molecule has 3 aromatic rings. The summed E-state index contributed by atoms with van der Waals surface area (Å²) in [5.41, 5.74) is 0. The first-order valence-corrected chi connectivity index (χ1v) is 20.6. The average Bonchev–Trinajstić information content (AvgIpc) is 3.30. The van der Waals surface area contributed by atoms with Gasteiger partial charge in [-0.05, 0) is 34.6 Å². The molecular weight excluding hydrogens is 825 g/mol. The fourth-order valence-corrected chi connectivity index (χ4v) is 5.68. The highest BCUT2D eigenvalue weighted by Gasteiger charge is 2.25. The van der Waals surface area contributed by atoms with Crippen LogP contribution in [-0.4, -0.2) is 202 Å². The van der Waals surface area contributed by atoms with Gasteiger partial charge in [0, 0.05) is 89.5 Å². The van der Waals surface area contributed by atoms with Gasteiger partial charge < -0.3 is 62.8 Å². The number of nitrogens with zero attached hydrogens (tertiary/aromatic N) is 17. The van der Waals surface area contributed by atoms with E-state index in [4.69, 9.17) is 72.8 Å². The molecule has 0 radical (unpaired) electrons. The van der Waals surface area contributed by atoms with E-state index < -0.39 is 0 Å². The minimum atomic E-state index is -0.00313. The van der Waals surface area contributed by atoms with E-state index in [0.717, 1.165) is 0 Å². The van der Waals surface area contributed by atoms with Gasteiger partial charge >= 0.3 is 0 Å². The van der Waals surface area contributed by atoms with Gasteiger partial charge in [-0.3, -0.25) is 19.6 Å². The molecule has 0 bridgehead atoms. The van der Waals surface area contributed by atoms with Crippen LogP contribution in [0.5, 0.6) is 0 Å². The number of aromatic nitrogens is 9. The van der Waals surface area contributed by atoms with E-state index in [9.17, 15) is 0 Å². The molecular formula is C37H70N18O8. The highest BCUT2D eigenvalue weighted by atomic mass is 16.5. The van der Waals surface area contributed by atoms with Gasteiger partial charge in [0.05, 0.1) is 0 Å². The average molecular weight is 895 g/mol. The molecule has 0 unspecified atom stereocenters. The van der Waals surface area contributed by atoms with Crippen LogP contribution in [0.2, 0.25) is 0 Å². The monoisotopic (exact) mass is 895 g/mol. The molecule has 0 saturated heterocycles. The van der Waals surface area contributed by atoms with E-state index >= 15 is 0 Å². The van der Waals surface area contributed by atoms with E-state index in [-0.39, 0.29) is 73.2 Å². The second-order valence-electron chi connectivity index (χ2n) is 13.5. The Bertz CT molecular complexity index is 1690. The summed E-state index contributed by atoms with van der Waals surface area (Å²) < 4.78 is 45.0. The predicted octanol–water partition coefficient (Wildman–Crippen LogP) is 1.35. The maximum absolute atomic E-state index is 6.30. The lowest BCUT2D eigenvalue weighted by Gasteiger charge is -2.32. The summed E-state index contributed by atoms with van der Waals surface area (Å²) in [6, 6.07) is 0. The van der Waals surface area contributed by atoms with Gasteiger partial charge in [0.1, 0.15) is 67.2 Å². The van der Waals surface area contributed by atoms with Crippen molar-refractivity contribution in [1.29, 1.82) is 0 Å². The number of hydrogen-bond donors (Lipinski definition) is 1. The molecule has 0 saturated carbocycles. The van der Waals surface area contributed by atoms with Crippen molar-refractivity contribution in [2.45, 2.75) is 34.6 Å². The summed E-state index contributed by atoms with van der Waals surface area (Å²) in [4.78, 5) is 58.0. The quantitative estimate of drug-likeness (QED) is 0.0835. The van der Waals surface area contributed by atoms with Crippen LogP contribution in [0.4, 0.5) is 53.5 Å². The van der Waals surface area contributed by atoms with Crippen molar-refractivity contribution < 1.29 is 37.9 Å². The minimum absolute atomic E-state index is 0.00313. The first-order chi connectivity index (χ1) is 30.6. The van der Waals surface area contributed by atoms with Crippen molar-refractivity contribution in [3.8, 4) is 0 Å². The molecule has 0 aromatic carbocycles. The molecule has 26 nitrogen and oxygen atoms in total. The van der Waals surface area contributed by atoms with Crippen molar-refractivity contribution >= 4 is 53.5 Å². The Morgan fingerprint density at radius 3 is 1.03 bits per heavy atom. The largest absolute Gasteiger partial charge is 0.364 e. The summed E-state index contributed by atoms with van der Waals surface area (Å²) in [5.74, 6) is 3.35. The van der Waals surface area contributed by atoms with Gasteiger partial charge in [-0.15, -0.1) is 0 Å². The fraction of sp³-hybridized carbons (Fsp3) is 0.757. The third kappa shape index (κ3) is 15.6. The van der Waals surface area contributed by atoms with Crippen molar-refractivity contribution in [2.24, 2.45) is 0 Å². The summed E-state index contributed by atoms with van der Waals surface area (Å²) >= 11 is 0. The minimum Gasteiger partial charge on any atom is -0.364 e. The smallest absolute Gasteiger partial charge is 0.235 e. The summed E-state index contributed by atoms with van der Waals surface area (Å²) in [7, 11) is 13.1. The van der Waals surface area contributed by atoms with Crippen molar-refractivity contribution in [3.63, 3.8) is 0 Å². The molecule has 63 heavy (non-hydrogen) atoms. The van der Waals surface area contributed by atoms with Crippen LogP contribution in [-0.2, 0) is 37.9 Å². The zero-order valence-corrected chi connectivity index (χ0v) is 39.5. The van der Waals surface area contributed by atoms with Gasteiger partial charge in [-0.25, -0.2) is 0 Å². The predicted molar refractivity (Wildman–Crippen MR) is 240 cm³/mol. The Labute approximate surface area is 371 Å². The molecule has 0 aliphatic carbocycles. The molecule has 0 aliphatic heterocycles. The third-order valence-electron chi connectivity index (χ3n) is 9.05. The van der Waals surface area contributed by atoms with Gasteiger partial charge in [-0.2, -0.15) is 44.9 Å². The molecule has 356 valence electrons. The van der Waals surface area contributed by atoms with Crippen LogP contribution in [0.1, 0.15) is 34.6 Å². The number of methoxy groups -OCH3 is 7. The molecule has 0 spiro atoms. The van der Waals surface area contributed by atoms with Gasteiger partial charge in [0.15, 0.2) is 0 Å². The van der Waals surface area contributed by atoms with Crippen LogP contribution < -0.4 is 44.5 Å². The van der Waals surface area contributed by atoms with Gasteiger partial charge in [0.25, 0.3) is 0 Å². The maximum atomic E-state index is 6.30. The summed E-state index contributed by atoms with van der Waals surface area (Å²) in [6.45, 7) is 14.5. The number of anilines is 9. The van der Waals surface area contributed by atoms with Crippen molar-refractivity contribution in [3.05, 3.63) is 0 Å². The van der Waals surface area contributed by atoms with Crippen LogP contribution in [0, 0.1) is 0 Å². The second-order valence-corrected chi connectivity index (χ2v) is 13.5. The highest BCUT2D eigenvalue weighted by Crippen LogP contribution is 2.24. The Balaban J connectivity index is 2.06. The van der Waals surface area contributed by atoms with E-state index in [1.165, 1.54) is 0 Å². The molecule has 0 amide bonds. The van der Waals surface area contributed by atoms with Crippen molar-refractivity contribution in [2.75, 3.05) is 201 Å². The normalized spacial score (nSPS) is 11.1. The lowest BCUT2D eigenvalue weighted by molar-refractivity contribution is 0.0854. The van der Waals surface area contributed by atoms with Crippen LogP contribution in [0.3, 0.4) is 0 Å². The molecule has 0 fully saturated rings. The van der Waals surface area contributed by atoms with E-state index in [1.54, 1.807) is 59.6 Å². The molecule has 3 rings (SSSR count). The number of rotatable bonds is 34. The summed E-state index contributed by atoms with van der Waals surface area (Å²) in [5, 5.41) is 3.07. The second kappa shape index (κ2) is 28.6. The number of hydrogen-bond acceptors (Lipinski definition) is 26. The Morgan fingerprint density at radius 1 is 0.349 bits per heavy atom. The number of nitrogens with one attached hydrogen (secondary N) is 1. The lowest BCUT2D eigenvalue weighted by Crippen LogP contribution is -2.43. The molecule has 0 aliphatic rings. The molecule has 0 atom stereocenters. The highest BCUT2D eigenvalue weighted by molar-refractivity contribution is 5.50. The standard InChI is InChI=1S/C37H70N18O8/c1-14-48(6)30-41-35(52(23-59-10)20-53(24-60-11)36-45-33(50(17-4)21-57-8)44-34(46-36)51(18-5)22-58-9)47-37(42-30)55(26-62-13)28-63-27-54(25-61-12)32-40-29(38-19-56-7)39-31(43-32)49(15-2)16-3/h14-28H2,1-13H3,(H,38,39,40,43). The van der Waals surface area contributed by atoms with E-state index in [0.29, 0.717) is 80.3 Å². The first kappa shape index (κ1) is 52.3. The molecule has 3 heterocycles. The van der Waals surface area contributed by atoms with Crippen molar-refractivity contribution in [1.82, 2.24) is 44.9 Å². The van der Waals surface area contributed by atoms with Crippen LogP contribution in [0.15, 0.2) is 0 Å². The third-order valence-corrected chi connectivity index (χ3v) is 9.05. The van der Waals surface area contributed by atoms with E-state index in [2.05, 4.69) is 15.3 Å². The zero-order valence-electron chi connectivity index (χ0n) is 39.5. The molecule has 1 N–H and O–H groups in total.